The van der Waals surface area contributed by atoms with Gasteiger partial charge in [0.1, 0.15) is 0 Å². The topological polar surface area (TPSA) is 50.2 Å². The Morgan fingerprint density at radius 1 is 1.36 bits per heavy atom. The SMILES string of the molecule is Cc1nn(C)c(C)c1NC(=O)CN1c2ccccc2C[C@@H]1C. The minimum atomic E-state index is 0.00255. The van der Waals surface area contributed by atoms with Crippen molar-refractivity contribution in [3.63, 3.8) is 0 Å². The molecular formula is C17H22N4O. The standard InChI is InChI=1S/C17H22N4O/c1-11-9-14-7-5-6-8-15(14)21(11)10-16(22)18-17-12(2)19-20(4)13(17)3/h5-8,11H,9-10H2,1-4H3,(H,18,22)/t11-/m0/s1. The number of rotatable bonds is 3. The molecule has 0 aliphatic carbocycles. The highest BCUT2D eigenvalue weighted by Crippen LogP contribution is 2.31. The number of amides is 1. The van der Waals surface area contributed by atoms with Gasteiger partial charge in [-0.05, 0) is 38.8 Å². The normalized spacial score (nSPS) is 16.7. The van der Waals surface area contributed by atoms with E-state index in [0.717, 1.165) is 23.5 Å². The summed E-state index contributed by atoms with van der Waals surface area (Å²) in [7, 11) is 1.89. The molecule has 1 aromatic carbocycles. The van der Waals surface area contributed by atoms with E-state index >= 15 is 0 Å². The molecule has 22 heavy (non-hydrogen) atoms. The summed E-state index contributed by atoms with van der Waals surface area (Å²) in [6.07, 6.45) is 0.994. The number of hydrogen-bond acceptors (Lipinski definition) is 3. The quantitative estimate of drug-likeness (QED) is 0.947. The molecule has 1 atom stereocenters. The fraction of sp³-hybridized carbons (Fsp3) is 0.412. The fourth-order valence-corrected chi connectivity index (χ4v) is 3.16. The zero-order valence-corrected chi connectivity index (χ0v) is 13.6. The number of hydrogen-bond donors (Lipinski definition) is 1. The summed E-state index contributed by atoms with van der Waals surface area (Å²) in [5.41, 5.74) is 5.14. The summed E-state index contributed by atoms with van der Waals surface area (Å²) in [5, 5.41) is 7.35. The van der Waals surface area contributed by atoms with E-state index in [1.54, 1.807) is 4.68 Å². The number of carbonyl (C=O) groups is 1. The predicted octanol–water partition coefficient (Wildman–Crippen LogP) is 2.43. The van der Waals surface area contributed by atoms with Crippen molar-refractivity contribution in [2.75, 3.05) is 16.8 Å². The van der Waals surface area contributed by atoms with Gasteiger partial charge in [-0.1, -0.05) is 18.2 Å². The van der Waals surface area contributed by atoms with Gasteiger partial charge in [-0.25, -0.2) is 0 Å². The molecule has 0 saturated carbocycles. The second kappa shape index (κ2) is 5.48. The third-order valence-corrected chi connectivity index (χ3v) is 4.44. The number of para-hydroxylation sites is 1. The van der Waals surface area contributed by atoms with Crippen LogP contribution in [-0.4, -0.2) is 28.3 Å². The van der Waals surface area contributed by atoms with Crippen LogP contribution in [0.3, 0.4) is 0 Å². The maximum atomic E-state index is 12.4. The molecule has 1 aliphatic heterocycles. The lowest BCUT2D eigenvalue weighted by atomic mass is 10.1. The number of anilines is 2. The Morgan fingerprint density at radius 2 is 2.09 bits per heavy atom. The molecule has 0 radical (unpaired) electrons. The highest BCUT2D eigenvalue weighted by Gasteiger charge is 2.27. The van der Waals surface area contributed by atoms with Crippen molar-refractivity contribution >= 4 is 17.3 Å². The van der Waals surface area contributed by atoms with Gasteiger partial charge in [0.25, 0.3) is 0 Å². The first kappa shape index (κ1) is 14.6. The average molecular weight is 298 g/mol. The Hall–Kier alpha value is -2.30. The first-order valence-electron chi connectivity index (χ1n) is 7.62. The summed E-state index contributed by atoms with van der Waals surface area (Å²) >= 11 is 0. The molecule has 2 heterocycles. The molecular weight excluding hydrogens is 276 g/mol. The highest BCUT2D eigenvalue weighted by atomic mass is 16.2. The minimum Gasteiger partial charge on any atom is -0.359 e. The van der Waals surface area contributed by atoms with E-state index < -0.39 is 0 Å². The Morgan fingerprint density at radius 3 is 2.77 bits per heavy atom. The zero-order valence-electron chi connectivity index (χ0n) is 13.6. The van der Waals surface area contributed by atoms with Gasteiger partial charge in [0, 0.05) is 18.8 Å². The van der Waals surface area contributed by atoms with Crippen LogP contribution in [0.2, 0.25) is 0 Å². The van der Waals surface area contributed by atoms with E-state index in [-0.39, 0.29) is 5.91 Å². The van der Waals surface area contributed by atoms with E-state index in [9.17, 15) is 4.79 Å². The van der Waals surface area contributed by atoms with Crippen molar-refractivity contribution < 1.29 is 4.79 Å². The zero-order chi connectivity index (χ0) is 15.9. The van der Waals surface area contributed by atoms with E-state index in [1.165, 1.54) is 11.3 Å². The van der Waals surface area contributed by atoms with Crippen LogP contribution in [0.1, 0.15) is 23.9 Å². The average Bonchev–Trinajstić information content (AvgIpc) is 2.91. The Bertz CT molecular complexity index is 719. The van der Waals surface area contributed by atoms with Gasteiger partial charge in [-0.3, -0.25) is 9.48 Å². The largest absolute Gasteiger partial charge is 0.359 e. The fourth-order valence-electron chi connectivity index (χ4n) is 3.16. The molecule has 1 aromatic heterocycles. The van der Waals surface area contributed by atoms with E-state index in [1.807, 2.05) is 27.0 Å². The molecule has 116 valence electrons. The van der Waals surface area contributed by atoms with Gasteiger partial charge < -0.3 is 10.2 Å². The molecule has 1 amide bonds. The number of fused-ring (bicyclic) bond motifs is 1. The van der Waals surface area contributed by atoms with E-state index in [4.69, 9.17) is 0 Å². The smallest absolute Gasteiger partial charge is 0.244 e. The number of carbonyl (C=O) groups excluding carboxylic acids is 1. The van der Waals surface area contributed by atoms with Gasteiger partial charge in [0.2, 0.25) is 5.91 Å². The van der Waals surface area contributed by atoms with Crippen LogP contribution in [0.25, 0.3) is 0 Å². The summed E-state index contributed by atoms with van der Waals surface area (Å²) in [5.74, 6) is 0.00255. The van der Waals surface area contributed by atoms with Gasteiger partial charge in [-0.2, -0.15) is 5.10 Å². The Labute approximate surface area is 130 Å². The van der Waals surface area contributed by atoms with Gasteiger partial charge in [-0.15, -0.1) is 0 Å². The van der Waals surface area contributed by atoms with Crippen molar-refractivity contribution in [2.45, 2.75) is 33.2 Å². The minimum absolute atomic E-state index is 0.00255. The lowest BCUT2D eigenvalue weighted by Gasteiger charge is -2.24. The first-order chi connectivity index (χ1) is 10.5. The second-order valence-electron chi connectivity index (χ2n) is 6.03. The summed E-state index contributed by atoms with van der Waals surface area (Å²) in [4.78, 5) is 14.6. The third kappa shape index (κ3) is 2.47. The van der Waals surface area contributed by atoms with E-state index in [2.05, 4.69) is 40.4 Å². The van der Waals surface area contributed by atoms with Gasteiger partial charge in [0.15, 0.2) is 0 Å². The molecule has 3 rings (SSSR count). The van der Waals surface area contributed by atoms with Crippen LogP contribution >= 0.6 is 0 Å². The van der Waals surface area contributed by atoms with Crippen LogP contribution in [0.4, 0.5) is 11.4 Å². The van der Waals surface area contributed by atoms with Crippen LogP contribution in [0, 0.1) is 13.8 Å². The summed E-state index contributed by atoms with van der Waals surface area (Å²) in [6, 6.07) is 8.65. The maximum Gasteiger partial charge on any atom is 0.244 e. The Kier molecular flexibility index (Phi) is 3.64. The molecule has 0 bridgehead atoms. The molecule has 0 fully saturated rings. The number of benzene rings is 1. The van der Waals surface area contributed by atoms with Crippen molar-refractivity contribution in [2.24, 2.45) is 7.05 Å². The lowest BCUT2D eigenvalue weighted by Crippen LogP contribution is -2.37. The summed E-state index contributed by atoms with van der Waals surface area (Å²) in [6.45, 7) is 6.40. The van der Waals surface area contributed by atoms with Crippen LogP contribution in [-0.2, 0) is 18.3 Å². The number of nitrogens with one attached hydrogen (secondary N) is 1. The van der Waals surface area contributed by atoms with E-state index in [0.29, 0.717) is 12.6 Å². The van der Waals surface area contributed by atoms with Gasteiger partial charge >= 0.3 is 0 Å². The molecule has 0 unspecified atom stereocenters. The maximum absolute atomic E-state index is 12.4. The van der Waals surface area contributed by atoms with Crippen LogP contribution in [0.5, 0.6) is 0 Å². The van der Waals surface area contributed by atoms with Gasteiger partial charge in [0.05, 0.1) is 23.6 Å². The van der Waals surface area contributed by atoms with Crippen LogP contribution < -0.4 is 10.2 Å². The third-order valence-electron chi connectivity index (χ3n) is 4.44. The summed E-state index contributed by atoms with van der Waals surface area (Å²) < 4.78 is 1.79. The van der Waals surface area contributed by atoms with Crippen molar-refractivity contribution in [1.82, 2.24) is 9.78 Å². The molecule has 5 nitrogen and oxygen atoms in total. The number of aromatic nitrogens is 2. The number of nitrogens with zero attached hydrogens (tertiary/aromatic N) is 3. The molecule has 5 heteroatoms. The van der Waals surface area contributed by atoms with Crippen molar-refractivity contribution in [3.8, 4) is 0 Å². The number of aryl methyl sites for hydroxylation is 2. The molecule has 0 saturated heterocycles. The van der Waals surface area contributed by atoms with Crippen LogP contribution in [0.15, 0.2) is 24.3 Å². The molecule has 1 aliphatic rings. The van der Waals surface area contributed by atoms with Crippen molar-refractivity contribution in [3.05, 3.63) is 41.2 Å². The Balaban J connectivity index is 1.75. The lowest BCUT2D eigenvalue weighted by molar-refractivity contribution is -0.115. The second-order valence-corrected chi connectivity index (χ2v) is 6.03. The first-order valence-corrected chi connectivity index (χ1v) is 7.62. The van der Waals surface area contributed by atoms with Crippen molar-refractivity contribution in [1.29, 1.82) is 0 Å². The molecule has 1 N–H and O–H groups in total. The molecule has 0 spiro atoms. The predicted molar refractivity (Wildman–Crippen MR) is 88.3 cm³/mol. The monoisotopic (exact) mass is 298 g/mol. The molecule has 2 aromatic rings. The highest BCUT2D eigenvalue weighted by molar-refractivity contribution is 5.95.